The molecule has 0 saturated heterocycles. The average Bonchev–Trinajstić information content (AvgIpc) is 2.38. The van der Waals surface area contributed by atoms with Crippen LogP contribution in [0.5, 0.6) is 0 Å². The Balaban J connectivity index is 3.02. The van der Waals surface area contributed by atoms with E-state index in [0.717, 1.165) is 6.07 Å². The summed E-state index contributed by atoms with van der Waals surface area (Å²) in [6, 6.07) is 3.51. The Labute approximate surface area is 118 Å². The molecule has 0 aliphatic carbocycles. The first-order valence-corrected chi connectivity index (χ1v) is 7.60. The van der Waals surface area contributed by atoms with E-state index >= 15 is 0 Å². The number of ether oxygens (including phenoxy) is 1. The highest BCUT2D eigenvalue weighted by Crippen LogP contribution is 2.20. The van der Waals surface area contributed by atoms with Gasteiger partial charge in [-0.1, -0.05) is 6.92 Å². The molecule has 0 unspecified atom stereocenters. The zero-order valence-electron chi connectivity index (χ0n) is 11.7. The van der Waals surface area contributed by atoms with Gasteiger partial charge < -0.3 is 4.74 Å². The van der Waals surface area contributed by atoms with Gasteiger partial charge in [0.15, 0.2) is 0 Å². The Hall–Kier alpha value is -1.47. The van der Waals surface area contributed by atoms with Crippen LogP contribution >= 0.6 is 0 Å². The Kier molecular flexibility index (Phi) is 5.64. The highest BCUT2D eigenvalue weighted by molar-refractivity contribution is 7.89. The minimum Gasteiger partial charge on any atom is -0.469 e. The van der Waals surface area contributed by atoms with Gasteiger partial charge in [-0.3, -0.25) is 4.79 Å². The van der Waals surface area contributed by atoms with Crippen molar-refractivity contribution in [2.75, 3.05) is 20.2 Å². The van der Waals surface area contributed by atoms with Gasteiger partial charge in [-0.05, 0) is 30.7 Å². The quantitative estimate of drug-likeness (QED) is 0.751. The molecule has 0 fully saturated rings. The second-order valence-corrected chi connectivity index (χ2v) is 6.14. The molecule has 0 spiro atoms. The molecule has 0 amide bonds. The Morgan fingerprint density at radius 2 is 2.05 bits per heavy atom. The number of rotatable bonds is 6. The molecule has 0 radical (unpaired) electrons. The first-order valence-electron chi connectivity index (χ1n) is 6.16. The summed E-state index contributed by atoms with van der Waals surface area (Å²) >= 11 is 0. The molecule has 0 heterocycles. The van der Waals surface area contributed by atoms with Crippen LogP contribution in [0.3, 0.4) is 0 Å². The number of sulfonamides is 1. The van der Waals surface area contributed by atoms with Crippen molar-refractivity contribution < 1.29 is 22.3 Å². The van der Waals surface area contributed by atoms with Crippen LogP contribution in [-0.4, -0.2) is 38.9 Å². The first kappa shape index (κ1) is 16.6. The molecule has 0 N–H and O–H groups in total. The van der Waals surface area contributed by atoms with Crippen molar-refractivity contribution in [2.45, 2.75) is 25.2 Å². The van der Waals surface area contributed by atoms with Gasteiger partial charge in [0.1, 0.15) is 5.82 Å². The molecule has 0 aliphatic heterocycles. The topological polar surface area (TPSA) is 63.7 Å². The maximum atomic E-state index is 13.0. The maximum Gasteiger partial charge on any atom is 0.306 e. The number of methoxy groups -OCH3 is 1. The van der Waals surface area contributed by atoms with E-state index in [0.29, 0.717) is 5.56 Å². The fraction of sp³-hybridized carbons (Fsp3) is 0.462. The first-order chi connectivity index (χ1) is 9.32. The molecule has 1 aromatic rings. The number of aryl methyl sites for hydroxylation is 1. The number of hydrogen-bond donors (Lipinski definition) is 0. The molecule has 0 aromatic heterocycles. The van der Waals surface area contributed by atoms with Crippen molar-refractivity contribution >= 4 is 16.0 Å². The number of hydrogen-bond acceptors (Lipinski definition) is 4. The SMILES string of the molecule is CCN(CCC(=O)OC)S(=O)(=O)c1ccc(F)cc1C. The van der Waals surface area contributed by atoms with Crippen LogP contribution < -0.4 is 0 Å². The largest absolute Gasteiger partial charge is 0.469 e. The van der Waals surface area contributed by atoms with Crippen LogP contribution in [0.2, 0.25) is 0 Å². The summed E-state index contributed by atoms with van der Waals surface area (Å²) in [4.78, 5) is 11.2. The molecule has 0 atom stereocenters. The van der Waals surface area contributed by atoms with E-state index in [9.17, 15) is 17.6 Å². The normalized spacial score (nSPS) is 11.7. The van der Waals surface area contributed by atoms with E-state index in [1.54, 1.807) is 6.92 Å². The van der Waals surface area contributed by atoms with Crippen molar-refractivity contribution in [3.05, 3.63) is 29.6 Å². The average molecular weight is 303 g/mol. The summed E-state index contributed by atoms with van der Waals surface area (Å²) < 4.78 is 43.6. The third-order valence-corrected chi connectivity index (χ3v) is 5.03. The van der Waals surface area contributed by atoms with Crippen LogP contribution in [0.15, 0.2) is 23.1 Å². The third kappa shape index (κ3) is 3.77. The molecule has 1 aromatic carbocycles. The van der Waals surface area contributed by atoms with Crippen LogP contribution in [0, 0.1) is 12.7 Å². The summed E-state index contributed by atoms with van der Waals surface area (Å²) in [5.74, 6) is -0.964. The minimum atomic E-state index is -3.74. The molecule has 20 heavy (non-hydrogen) atoms. The molecule has 0 aliphatic rings. The highest BCUT2D eigenvalue weighted by atomic mass is 32.2. The summed E-state index contributed by atoms with van der Waals surface area (Å²) in [5.41, 5.74) is 0.335. The number of benzene rings is 1. The Bertz CT molecular complexity index is 586. The summed E-state index contributed by atoms with van der Waals surface area (Å²) in [5, 5.41) is 0. The summed E-state index contributed by atoms with van der Waals surface area (Å²) in [7, 11) is -2.50. The van der Waals surface area contributed by atoms with Crippen LogP contribution in [0.25, 0.3) is 0 Å². The lowest BCUT2D eigenvalue weighted by molar-refractivity contribution is -0.140. The highest BCUT2D eigenvalue weighted by Gasteiger charge is 2.25. The van der Waals surface area contributed by atoms with Gasteiger partial charge in [0.2, 0.25) is 10.0 Å². The second kappa shape index (κ2) is 6.81. The summed E-state index contributed by atoms with van der Waals surface area (Å²) in [6.45, 7) is 3.45. The smallest absolute Gasteiger partial charge is 0.306 e. The van der Waals surface area contributed by atoms with Crippen LogP contribution in [-0.2, 0) is 19.6 Å². The zero-order chi connectivity index (χ0) is 15.3. The molecule has 1 rings (SSSR count). The van der Waals surface area contributed by atoms with E-state index in [1.807, 2.05) is 0 Å². The van der Waals surface area contributed by atoms with Gasteiger partial charge in [0.05, 0.1) is 18.4 Å². The van der Waals surface area contributed by atoms with Gasteiger partial charge in [-0.25, -0.2) is 12.8 Å². The lowest BCUT2D eigenvalue weighted by Gasteiger charge is -2.21. The van der Waals surface area contributed by atoms with Gasteiger partial charge in [-0.15, -0.1) is 0 Å². The number of nitrogens with zero attached hydrogens (tertiary/aromatic N) is 1. The standard InChI is InChI=1S/C13H18FNO4S/c1-4-15(8-7-13(16)19-3)20(17,18)12-6-5-11(14)9-10(12)2/h5-6,9H,4,7-8H2,1-3H3. The van der Waals surface area contributed by atoms with E-state index in [4.69, 9.17) is 0 Å². The van der Waals surface area contributed by atoms with E-state index < -0.39 is 21.8 Å². The zero-order valence-corrected chi connectivity index (χ0v) is 12.5. The van der Waals surface area contributed by atoms with Gasteiger partial charge in [0, 0.05) is 13.1 Å². The maximum absolute atomic E-state index is 13.0. The fourth-order valence-electron chi connectivity index (χ4n) is 1.81. The Morgan fingerprint density at radius 1 is 1.40 bits per heavy atom. The number of carbonyl (C=O) groups is 1. The van der Waals surface area contributed by atoms with E-state index in [1.165, 1.54) is 30.5 Å². The molecule has 0 bridgehead atoms. The van der Waals surface area contributed by atoms with Gasteiger partial charge in [-0.2, -0.15) is 4.31 Å². The van der Waals surface area contributed by atoms with Crippen molar-refractivity contribution in [3.8, 4) is 0 Å². The predicted octanol–water partition coefficient (Wildman–Crippen LogP) is 1.71. The molecule has 5 nitrogen and oxygen atoms in total. The molecular weight excluding hydrogens is 285 g/mol. The summed E-state index contributed by atoms with van der Waals surface area (Å²) in [6.07, 6.45) is -0.0240. The van der Waals surface area contributed by atoms with Crippen LogP contribution in [0.1, 0.15) is 18.9 Å². The number of esters is 1. The van der Waals surface area contributed by atoms with Gasteiger partial charge in [0.25, 0.3) is 0 Å². The van der Waals surface area contributed by atoms with Crippen molar-refractivity contribution in [1.29, 1.82) is 0 Å². The molecule has 112 valence electrons. The second-order valence-electron chi connectivity index (χ2n) is 4.23. The van der Waals surface area contributed by atoms with Crippen molar-refractivity contribution in [2.24, 2.45) is 0 Å². The monoisotopic (exact) mass is 303 g/mol. The molecular formula is C13H18FNO4S. The Morgan fingerprint density at radius 3 is 2.55 bits per heavy atom. The lowest BCUT2D eigenvalue weighted by atomic mass is 10.2. The van der Waals surface area contributed by atoms with E-state index in [2.05, 4.69) is 4.74 Å². The molecule has 0 saturated carbocycles. The fourth-order valence-corrected chi connectivity index (χ4v) is 3.46. The van der Waals surface area contributed by atoms with E-state index in [-0.39, 0.29) is 24.4 Å². The third-order valence-electron chi connectivity index (χ3n) is 2.90. The van der Waals surface area contributed by atoms with Crippen LogP contribution in [0.4, 0.5) is 4.39 Å². The molecule has 7 heteroatoms. The minimum absolute atomic E-state index is 0.0240. The van der Waals surface area contributed by atoms with Gasteiger partial charge >= 0.3 is 5.97 Å². The predicted molar refractivity (Wildman–Crippen MR) is 72.2 cm³/mol. The lowest BCUT2D eigenvalue weighted by Crippen LogP contribution is -2.33. The van der Waals surface area contributed by atoms with Crippen molar-refractivity contribution in [3.63, 3.8) is 0 Å². The number of halogens is 1. The number of carbonyl (C=O) groups excluding carboxylic acids is 1. The van der Waals surface area contributed by atoms with Crippen molar-refractivity contribution in [1.82, 2.24) is 4.31 Å².